The molecular weight excluding hydrogens is 413 g/mol. The molecule has 0 aliphatic rings. The van der Waals surface area contributed by atoms with E-state index in [2.05, 4.69) is 5.32 Å². The van der Waals surface area contributed by atoms with Gasteiger partial charge in [0.05, 0.1) is 16.5 Å². The SMILES string of the molecule is O=C(CCCn1c(=O)oc2cc([N+](=O)[O-])ccc21)NCCSCc1ccccc1F. The highest BCUT2D eigenvalue weighted by molar-refractivity contribution is 7.98. The van der Waals surface area contributed by atoms with Crippen molar-refractivity contribution in [3.63, 3.8) is 0 Å². The van der Waals surface area contributed by atoms with Gasteiger partial charge in [-0.25, -0.2) is 9.18 Å². The molecule has 3 rings (SSSR count). The van der Waals surface area contributed by atoms with E-state index >= 15 is 0 Å². The number of hydrogen-bond acceptors (Lipinski definition) is 6. The van der Waals surface area contributed by atoms with Gasteiger partial charge in [-0.2, -0.15) is 11.8 Å². The first-order valence-electron chi connectivity index (χ1n) is 9.31. The number of benzene rings is 2. The minimum atomic E-state index is -0.615. The average Bonchev–Trinajstić information content (AvgIpc) is 3.03. The summed E-state index contributed by atoms with van der Waals surface area (Å²) < 4.78 is 19.9. The van der Waals surface area contributed by atoms with Crippen molar-refractivity contribution in [1.82, 2.24) is 9.88 Å². The van der Waals surface area contributed by atoms with Gasteiger partial charge >= 0.3 is 5.76 Å². The van der Waals surface area contributed by atoms with Crippen LogP contribution in [0.1, 0.15) is 18.4 Å². The van der Waals surface area contributed by atoms with Gasteiger partial charge in [0.15, 0.2) is 5.58 Å². The summed E-state index contributed by atoms with van der Waals surface area (Å²) in [6.07, 6.45) is 0.643. The molecule has 10 heteroatoms. The molecule has 8 nitrogen and oxygen atoms in total. The minimum Gasteiger partial charge on any atom is -0.407 e. The molecule has 30 heavy (non-hydrogen) atoms. The van der Waals surface area contributed by atoms with Gasteiger partial charge in [0.25, 0.3) is 5.69 Å². The zero-order chi connectivity index (χ0) is 21.5. The zero-order valence-corrected chi connectivity index (χ0v) is 16.8. The number of aromatic nitrogens is 1. The van der Waals surface area contributed by atoms with Crippen molar-refractivity contribution in [2.45, 2.75) is 25.1 Å². The van der Waals surface area contributed by atoms with E-state index in [-0.39, 0.29) is 36.0 Å². The first-order chi connectivity index (χ1) is 14.5. The summed E-state index contributed by atoms with van der Waals surface area (Å²) in [4.78, 5) is 34.2. The Bertz CT molecular complexity index is 1110. The number of carbonyl (C=O) groups excluding carboxylic acids is 1. The summed E-state index contributed by atoms with van der Waals surface area (Å²) in [5.74, 6) is 0.209. The molecule has 0 aliphatic heterocycles. The van der Waals surface area contributed by atoms with E-state index in [0.717, 1.165) is 0 Å². The molecule has 1 N–H and O–H groups in total. The van der Waals surface area contributed by atoms with Crippen molar-refractivity contribution in [3.05, 3.63) is 74.5 Å². The van der Waals surface area contributed by atoms with Crippen molar-refractivity contribution in [1.29, 1.82) is 0 Å². The lowest BCUT2D eigenvalue weighted by Crippen LogP contribution is -2.26. The van der Waals surface area contributed by atoms with Crippen LogP contribution in [0.2, 0.25) is 0 Å². The topological polar surface area (TPSA) is 107 Å². The van der Waals surface area contributed by atoms with Crippen LogP contribution < -0.4 is 11.1 Å². The van der Waals surface area contributed by atoms with Crippen LogP contribution >= 0.6 is 11.8 Å². The maximum atomic E-state index is 13.5. The Kier molecular flexibility index (Phi) is 7.23. The molecule has 0 aliphatic carbocycles. The van der Waals surface area contributed by atoms with E-state index in [1.54, 1.807) is 18.2 Å². The van der Waals surface area contributed by atoms with Gasteiger partial charge < -0.3 is 9.73 Å². The number of nitrogens with one attached hydrogen (secondary N) is 1. The Morgan fingerprint density at radius 3 is 2.83 bits per heavy atom. The van der Waals surface area contributed by atoms with Crippen molar-refractivity contribution in [2.75, 3.05) is 12.3 Å². The fourth-order valence-corrected chi connectivity index (χ4v) is 3.77. The normalized spacial score (nSPS) is 11.0. The second-order valence-electron chi connectivity index (χ2n) is 6.53. The van der Waals surface area contributed by atoms with E-state index in [4.69, 9.17) is 4.42 Å². The number of non-ortho nitro benzene ring substituents is 1. The third kappa shape index (κ3) is 5.47. The lowest BCUT2D eigenvalue weighted by molar-refractivity contribution is -0.384. The van der Waals surface area contributed by atoms with Crippen molar-refractivity contribution >= 4 is 34.5 Å². The molecule has 0 saturated carbocycles. The molecule has 0 atom stereocenters. The largest absolute Gasteiger partial charge is 0.419 e. The highest BCUT2D eigenvalue weighted by Gasteiger charge is 2.14. The number of nitro groups is 1. The molecule has 2 aromatic carbocycles. The van der Waals surface area contributed by atoms with E-state index in [0.29, 0.717) is 35.6 Å². The minimum absolute atomic E-state index is 0.141. The lowest BCUT2D eigenvalue weighted by atomic mass is 10.2. The van der Waals surface area contributed by atoms with E-state index < -0.39 is 10.7 Å². The first-order valence-corrected chi connectivity index (χ1v) is 10.5. The van der Waals surface area contributed by atoms with E-state index in [1.165, 1.54) is 40.6 Å². The zero-order valence-electron chi connectivity index (χ0n) is 16.0. The van der Waals surface area contributed by atoms with Gasteiger partial charge in [-0.05, 0) is 24.1 Å². The fraction of sp³-hybridized carbons (Fsp3) is 0.300. The van der Waals surface area contributed by atoms with Crippen LogP contribution in [0, 0.1) is 15.9 Å². The van der Waals surface area contributed by atoms with Gasteiger partial charge in [-0.3, -0.25) is 19.5 Å². The van der Waals surface area contributed by atoms with Crippen LogP contribution in [0.15, 0.2) is 51.7 Å². The number of aryl methyl sites for hydroxylation is 1. The number of fused-ring (bicyclic) bond motifs is 1. The maximum Gasteiger partial charge on any atom is 0.419 e. The molecule has 3 aromatic rings. The lowest BCUT2D eigenvalue weighted by Gasteiger charge is -2.06. The van der Waals surface area contributed by atoms with Crippen molar-refractivity contribution < 1.29 is 18.5 Å². The van der Waals surface area contributed by atoms with Gasteiger partial charge in [0, 0.05) is 37.1 Å². The number of halogens is 1. The molecule has 0 fully saturated rings. The highest BCUT2D eigenvalue weighted by Crippen LogP contribution is 2.20. The molecule has 0 radical (unpaired) electrons. The Labute approximate surface area is 175 Å². The first kappa shape index (κ1) is 21.6. The highest BCUT2D eigenvalue weighted by atomic mass is 32.2. The fourth-order valence-electron chi connectivity index (χ4n) is 2.93. The monoisotopic (exact) mass is 433 g/mol. The van der Waals surface area contributed by atoms with Gasteiger partial charge in [-0.1, -0.05) is 18.2 Å². The molecular formula is C20H20FN3O5S. The average molecular weight is 433 g/mol. The summed E-state index contributed by atoms with van der Waals surface area (Å²) in [6, 6.07) is 10.6. The number of nitrogens with zero attached hydrogens (tertiary/aromatic N) is 2. The van der Waals surface area contributed by atoms with Crippen LogP contribution in [-0.2, 0) is 17.1 Å². The van der Waals surface area contributed by atoms with Crippen LogP contribution in [-0.4, -0.2) is 27.7 Å². The van der Waals surface area contributed by atoms with Gasteiger partial charge in [-0.15, -0.1) is 0 Å². The molecule has 0 spiro atoms. The van der Waals surface area contributed by atoms with Crippen LogP contribution in [0.25, 0.3) is 11.1 Å². The van der Waals surface area contributed by atoms with Crippen LogP contribution in [0.5, 0.6) is 0 Å². The Balaban J connectivity index is 1.40. The quantitative estimate of drug-likeness (QED) is 0.298. The molecule has 0 saturated heterocycles. The summed E-state index contributed by atoms with van der Waals surface area (Å²) in [5, 5.41) is 13.6. The second-order valence-corrected chi connectivity index (χ2v) is 7.63. The number of hydrogen-bond donors (Lipinski definition) is 1. The molecule has 0 unspecified atom stereocenters. The number of thioether (sulfide) groups is 1. The van der Waals surface area contributed by atoms with Gasteiger partial charge in [0.1, 0.15) is 5.82 Å². The molecule has 1 aromatic heterocycles. The predicted octanol–water partition coefficient (Wildman–Crippen LogP) is 3.47. The third-order valence-electron chi connectivity index (χ3n) is 4.43. The summed E-state index contributed by atoms with van der Waals surface area (Å²) in [7, 11) is 0. The third-order valence-corrected chi connectivity index (χ3v) is 5.44. The van der Waals surface area contributed by atoms with Crippen LogP contribution in [0.3, 0.4) is 0 Å². The number of carbonyl (C=O) groups is 1. The molecule has 1 amide bonds. The van der Waals surface area contributed by atoms with Crippen LogP contribution in [0.4, 0.5) is 10.1 Å². The summed E-state index contributed by atoms with van der Waals surface area (Å²) in [6.45, 7) is 0.731. The van der Waals surface area contributed by atoms with E-state index in [1.807, 2.05) is 0 Å². The predicted molar refractivity (Wildman–Crippen MR) is 112 cm³/mol. The summed E-state index contributed by atoms with van der Waals surface area (Å²) in [5.41, 5.74) is 1.08. The molecule has 158 valence electrons. The number of nitro benzene ring substituents is 1. The Morgan fingerprint density at radius 2 is 2.07 bits per heavy atom. The summed E-state index contributed by atoms with van der Waals surface area (Å²) >= 11 is 1.53. The smallest absolute Gasteiger partial charge is 0.407 e. The number of amides is 1. The number of oxazole rings is 1. The standard InChI is InChI=1S/C20H20FN3O5S/c21-16-5-2-1-4-14(16)13-30-11-9-22-19(25)6-3-10-23-17-8-7-15(24(27)28)12-18(17)29-20(23)26/h1-2,4-5,7-8,12H,3,6,9-11,13H2,(H,22,25). The van der Waals surface area contributed by atoms with Crippen molar-refractivity contribution in [3.8, 4) is 0 Å². The Morgan fingerprint density at radius 1 is 1.27 bits per heavy atom. The van der Waals surface area contributed by atoms with Gasteiger partial charge in [0.2, 0.25) is 5.91 Å². The van der Waals surface area contributed by atoms with Crippen molar-refractivity contribution in [2.24, 2.45) is 0 Å². The van der Waals surface area contributed by atoms with E-state index in [9.17, 15) is 24.1 Å². The number of rotatable bonds is 10. The molecule has 1 heterocycles. The molecule has 0 bridgehead atoms. The second kappa shape index (κ2) is 10.1. The maximum absolute atomic E-state index is 13.5. The Hall–Kier alpha value is -3.14.